The summed E-state index contributed by atoms with van der Waals surface area (Å²) in [4.78, 5) is 13.5. The molecule has 1 unspecified atom stereocenters. The standard InChI is InChI=1S/C14H16FNO3/c15-11-2-1-10-3-5-16(12(10)7-11)8-14(13(17)18)4-6-19-9-14/h1-2,7H,3-6,8-9H2,(H,17,18). The summed E-state index contributed by atoms with van der Waals surface area (Å²) in [6.07, 6.45) is 1.36. The van der Waals surface area contributed by atoms with Crippen LogP contribution in [0.25, 0.3) is 0 Å². The van der Waals surface area contributed by atoms with E-state index in [1.807, 2.05) is 4.90 Å². The summed E-state index contributed by atoms with van der Waals surface area (Å²) in [5.41, 5.74) is 1.06. The molecule has 2 heterocycles. The van der Waals surface area contributed by atoms with Gasteiger partial charge < -0.3 is 14.7 Å². The van der Waals surface area contributed by atoms with Gasteiger partial charge in [-0.2, -0.15) is 0 Å². The molecule has 0 bridgehead atoms. The van der Waals surface area contributed by atoms with E-state index in [1.54, 1.807) is 6.07 Å². The predicted octanol–water partition coefficient (Wildman–Crippen LogP) is 1.68. The second-order valence-corrected chi connectivity index (χ2v) is 5.33. The van der Waals surface area contributed by atoms with Gasteiger partial charge in [0, 0.05) is 25.4 Å². The minimum absolute atomic E-state index is 0.240. The Balaban J connectivity index is 1.86. The van der Waals surface area contributed by atoms with Gasteiger partial charge in [0.05, 0.1) is 6.61 Å². The van der Waals surface area contributed by atoms with Crippen molar-refractivity contribution in [3.63, 3.8) is 0 Å². The fourth-order valence-corrected chi connectivity index (χ4v) is 2.92. The van der Waals surface area contributed by atoms with E-state index in [4.69, 9.17) is 4.74 Å². The summed E-state index contributed by atoms with van der Waals surface area (Å²) >= 11 is 0. The lowest BCUT2D eigenvalue weighted by Crippen LogP contribution is -2.43. The van der Waals surface area contributed by atoms with Gasteiger partial charge in [-0.1, -0.05) is 6.07 Å². The molecule has 0 saturated carbocycles. The van der Waals surface area contributed by atoms with Gasteiger partial charge >= 0.3 is 5.97 Å². The maximum absolute atomic E-state index is 13.3. The molecule has 4 nitrogen and oxygen atoms in total. The van der Waals surface area contributed by atoms with E-state index in [9.17, 15) is 14.3 Å². The Morgan fingerprint density at radius 2 is 2.37 bits per heavy atom. The number of nitrogens with zero attached hydrogens (tertiary/aromatic N) is 1. The number of anilines is 1. The Labute approximate surface area is 110 Å². The molecule has 2 aliphatic heterocycles. The molecule has 1 aromatic carbocycles. The fourth-order valence-electron chi connectivity index (χ4n) is 2.92. The average Bonchev–Trinajstić information content (AvgIpc) is 2.98. The molecule has 1 aromatic rings. The van der Waals surface area contributed by atoms with Crippen molar-refractivity contribution in [2.24, 2.45) is 5.41 Å². The first-order valence-corrected chi connectivity index (χ1v) is 6.45. The van der Waals surface area contributed by atoms with Crippen molar-refractivity contribution in [1.29, 1.82) is 0 Å². The van der Waals surface area contributed by atoms with Crippen molar-refractivity contribution in [2.75, 3.05) is 31.2 Å². The molecule has 0 spiro atoms. The normalized spacial score (nSPS) is 25.6. The van der Waals surface area contributed by atoms with Crippen LogP contribution in [0.4, 0.5) is 10.1 Å². The Morgan fingerprint density at radius 3 is 3.05 bits per heavy atom. The zero-order valence-electron chi connectivity index (χ0n) is 10.6. The smallest absolute Gasteiger partial charge is 0.313 e. The summed E-state index contributed by atoms with van der Waals surface area (Å²) in [7, 11) is 0. The highest BCUT2D eigenvalue weighted by Crippen LogP contribution is 2.35. The van der Waals surface area contributed by atoms with E-state index < -0.39 is 11.4 Å². The molecule has 5 heteroatoms. The van der Waals surface area contributed by atoms with Crippen LogP contribution in [0.3, 0.4) is 0 Å². The van der Waals surface area contributed by atoms with E-state index in [1.165, 1.54) is 12.1 Å². The van der Waals surface area contributed by atoms with Crippen LogP contribution >= 0.6 is 0 Å². The first-order valence-electron chi connectivity index (χ1n) is 6.45. The number of carboxylic acids is 1. The molecule has 1 fully saturated rings. The quantitative estimate of drug-likeness (QED) is 0.903. The number of carboxylic acid groups (broad SMARTS) is 1. The number of ether oxygens (including phenoxy) is 1. The van der Waals surface area contributed by atoms with Gasteiger partial charge in [-0.25, -0.2) is 4.39 Å². The Hall–Kier alpha value is -1.62. The van der Waals surface area contributed by atoms with Gasteiger partial charge in [0.1, 0.15) is 11.2 Å². The molecule has 0 amide bonds. The molecule has 0 radical (unpaired) electrons. The molecular formula is C14H16FNO3. The summed E-state index contributed by atoms with van der Waals surface area (Å²) < 4.78 is 18.6. The number of carbonyl (C=O) groups is 1. The van der Waals surface area contributed by atoms with E-state index in [0.717, 1.165) is 24.2 Å². The predicted molar refractivity (Wildman–Crippen MR) is 67.8 cm³/mol. The average molecular weight is 265 g/mol. The summed E-state index contributed by atoms with van der Waals surface area (Å²) in [5.74, 6) is -1.10. The molecule has 0 aromatic heterocycles. The third-order valence-corrected chi connectivity index (χ3v) is 4.09. The largest absolute Gasteiger partial charge is 0.481 e. The van der Waals surface area contributed by atoms with Crippen LogP contribution in [0.1, 0.15) is 12.0 Å². The number of rotatable bonds is 3. The first-order chi connectivity index (χ1) is 9.11. The zero-order valence-corrected chi connectivity index (χ0v) is 10.6. The van der Waals surface area contributed by atoms with Crippen molar-refractivity contribution < 1.29 is 19.0 Å². The number of benzene rings is 1. The number of halogens is 1. The number of hydrogen-bond donors (Lipinski definition) is 1. The third kappa shape index (κ3) is 2.08. The summed E-state index contributed by atoms with van der Waals surface area (Å²) in [6.45, 7) is 1.85. The van der Waals surface area contributed by atoms with Crippen molar-refractivity contribution in [2.45, 2.75) is 12.8 Å². The molecule has 3 rings (SSSR count). The summed E-state index contributed by atoms with van der Waals surface area (Å²) in [5, 5.41) is 9.45. The van der Waals surface area contributed by atoms with E-state index in [2.05, 4.69) is 0 Å². The van der Waals surface area contributed by atoms with E-state index >= 15 is 0 Å². The molecule has 102 valence electrons. The second-order valence-electron chi connectivity index (χ2n) is 5.33. The number of aliphatic carboxylic acids is 1. The Morgan fingerprint density at radius 1 is 1.53 bits per heavy atom. The lowest BCUT2D eigenvalue weighted by Gasteiger charge is -2.30. The highest BCUT2D eigenvalue weighted by atomic mass is 19.1. The topological polar surface area (TPSA) is 49.8 Å². The van der Waals surface area contributed by atoms with Crippen LogP contribution in [0, 0.1) is 11.2 Å². The minimum atomic E-state index is -0.853. The van der Waals surface area contributed by atoms with E-state index in [0.29, 0.717) is 19.6 Å². The highest BCUT2D eigenvalue weighted by molar-refractivity contribution is 5.76. The third-order valence-electron chi connectivity index (χ3n) is 4.09. The maximum Gasteiger partial charge on any atom is 0.313 e. The SMILES string of the molecule is O=C(O)C1(CN2CCc3ccc(F)cc32)CCOC1. The minimum Gasteiger partial charge on any atom is -0.481 e. The van der Waals surface area contributed by atoms with Crippen molar-refractivity contribution in [1.82, 2.24) is 0 Å². The van der Waals surface area contributed by atoms with E-state index in [-0.39, 0.29) is 12.4 Å². The van der Waals surface area contributed by atoms with Crippen molar-refractivity contribution in [3.8, 4) is 0 Å². The monoisotopic (exact) mass is 265 g/mol. The molecular weight excluding hydrogens is 249 g/mol. The molecule has 1 atom stereocenters. The number of hydrogen-bond acceptors (Lipinski definition) is 3. The van der Waals surface area contributed by atoms with Gasteiger partial charge in [-0.15, -0.1) is 0 Å². The maximum atomic E-state index is 13.3. The highest BCUT2D eigenvalue weighted by Gasteiger charge is 2.44. The molecule has 1 saturated heterocycles. The molecule has 2 aliphatic rings. The fraction of sp³-hybridized carbons (Fsp3) is 0.500. The van der Waals surface area contributed by atoms with Crippen molar-refractivity contribution >= 4 is 11.7 Å². The van der Waals surface area contributed by atoms with Crippen LogP contribution in [-0.4, -0.2) is 37.4 Å². The van der Waals surface area contributed by atoms with Gasteiger partial charge in [0.15, 0.2) is 0 Å². The van der Waals surface area contributed by atoms with Crippen LogP contribution in [-0.2, 0) is 16.0 Å². The van der Waals surface area contributed by atoms with Crippen LogP contribution < -0.4 is 4.90 Å². The Bertz CT molecular complexity index is 511. The van der Waals surface area contributed by atoms with Crippen LogP contribution in [0.15, 0.2) is 18.2 Å². The van der Waals surface area contributed by atoms with Gasteiger partial charge in [0.25, 0.3) is 0 Å². The zero-order chi connectivity index (χ0) is 13.5. The molecule has 1 N–H and O–H groups in total. The number of fused-ring (bicyclic) bond motifs is 1. The first kappa shape index (κ1) is 12.4. The van der Waals surface area contributed by atoms with Crippen LogP contribution in [0.5, 0.6) is 0 Å². The molecule has 19 heavy (non-hydrogen) atoms. The van der Waals surface area contributed by atoms with Gasteiger partial charge in [0.2, 0.25) is 0 Å². The lowest BCUT2D eigenvalue weighted by atomic mass is 9.87. The van der Waals surface area contributed by atoms with Crippen molar-refractivity contribution in [3.05, 3.63) is 29.6 Å². The van der Waals surface area contributed by atoms with Crippen LogP contribution in [0.2, 0.25) is 0 Å². The second kappa shape index (κ2) is 4.49. The lowest BCUT2D eigenvalue weighted by molar-refractivity contribution is -0.148. The summed E-state index contributed by atoms with van der Waals surface area (Å²) in [6, 6.07) is 4.73. The van der Waals surface area contributed by atoms with Gasteiger partial charge in [-0.3, -0.25) is 4.79 Å². The van der Waals surface area contributed by atoms with Gasteiger partial charge in [-0.05, 0) is 30.5 Å². The molecule has 0 aliphatic carbocycles. The Kier molecular flexibility index (Phi) is 2.93.